The molecule has 0 amide bonds. The Hall–Kier alpha value is -1.74. The number of rotatable bonds is 8. The van der Waals surface area contributed by atoms with Crippen molar-refractivity contribution in [1.82, 2.24) is 0 Å². The molecule has 1 N–H and O–H groups in total. The summed E-state index contributed by atoms with van der Waals surface area (Å²) in [4.78, 5) is 0. The third-order valence-corrected chi connectivity index (χ3v) is 2.88. The van der Waals surface area contributed by atoms with Crippen LogP contribution < -0.4 is 5.32 Å². The lowest BCUT2D eigenvalue weighted by Gasteiger charge is -2.12. The Balaban J connectivity index is 2.48. The molecule has 0 fully saturated rings. The lowest BCUT2D eigenvalue weighted by Crippen LogP contribution is -2.10. The Morgan fingerprint density at radius 3 is 2.57 bits per heavy atom. The molecule has 0 saturated heterocycles. The molecule has 1 rings (SSSR count). The molecule has 116 valence electrons. The molecule has 0 aliphatic carbocycles. The smallest absolute Gasteiger partial charge is 0.385 e. The third kappa shape index (κ3) is 6.05. The number of halogens is 3. The summed E-state index contributed by atoms with van der Waals surface area (Å²) in [7, 11) is 0. The molecule has 3 nitrogen and oxygen atoms in total. The van der Waals surface area contributed by atoms with Gasteiger partial charge in [0.15, 0.2) is 0 Å². The molecule has 0 atom stereocenters. The lowest BCUT2D eigenvalue weighted by molar-refractivity contribution is -0.137. The van der Waals surface area contributed by atoms with Gasteiger partial charge in [0.2, 0.25) is 0 Å². The van der Waals surface area contributed by atoms with Crippen LogP contribution in [0.3, 0.4) is 0 Å². The van der Waals surface area contributed by atoms with E-state index >= 15 is 0 Å². The van der Waals surface area contributed by atoms with E-state index in [-0.39, 0.29) is 5.56 Å². The fourth-order valence-electron chi connectivity index (χ4n) is 1.74. The Morgan fingerprint density at radius 2 is 1.95 bits per heavy atom. The molecule has 0 unspecified atom stereocenters. The van der Waals surface area contributed by atoms with Crippen LogP contribution in [0.5, 0.6) is 0 Å². The number of unbranched alkanes of at least 4 members (excludes halogenated alkanes) is 1. The number of hydrogen-bond donors (Lipinski definition) is 1. The van der Waals surface area contributed by atoms with E-state index in [1.54, 1.807) is 6.07 Å². The zero-order valence-electron chi connectivity index (χ0n) is 12.0. The van der Waals surface area contributed by atoms with Crippen LogP contribution >= 0.6 is 0 Å². The standard InChI is InChI=1S/C15H19F3N2O/c1-2-3-8-21-9-4-7-20-13-6-5-12(11-19)14(10-13)15(16,17)18/h5-6,10,20H,2-4,7-9H2,1H3. The zero-order valence-corrected chi connectivity index (χ0v) is 12.0. The topological polar surface area (TPSA) is 45.0 Å². The number of ether oxygens (including phenoxy) is 1. The minimum Gasteiger partial charge on any atom is -0.385 e. The Labute approximate surface area is 122 Å². The summed E-state index contributed by atoms with van der Waals surface area (Å²) in [5.41, 5.74) is -0.917. The zero-order chi connectivity index (χ0) is 15.7. The van der Waals surface area contributed by atoms with E-state index in [4.69, 9.17) is 10.00 Å². The van der Waals surface area contributed by atoms with Crippen molar-refractivity contribution in [2.24, 2.45) is 0 Å². The predicted molar refractivity (Wildman–Crippen MR) is 75.0 cm³/mol. The Kier molecular flexibility index (Phi) is 7.03. The molecular formula is C15H19F3N2O. The highest BCUT2D eigenvalue weighted by molar-refractivity contribution is 5.53. The van der Waals surface area contributed by atoms with Gasteiger partial charge in [-0.1, -0.05) is 13.3 Å². The van der Waals surface area contributed by atoms with Crippen molar-refractivity contribution in [3.05, 3.63) is 29.3 Å². The average molecular weight is 300 g/mol. The van der Waals surface area contributed by atoms with Gasteiger partial charge in [0.05, 0.1) is 17.2 Å². The average Bonchev–Trinajstić information content (AvgIpc) is 2.45. The summed E-state index contributed by atoms with van der Waals surface area (Å²) in [6.07, 6.45) is -1.72. The van der Waals surface area contributed by atoms with E-state index in [1.165, 1.54) is 12.1 Å². The summed E-state index contributed by atoms with van der Waals surface area (Å²) in [6.45, 7) is 3.89. The van der Waals surface area contributed by atoms with Crippen molar-refractivity contribution in [3.8, 4) is 6.07 Å². The molecule has 0 aromatic heterocycles. The molecule has 0 aliphatic rings. The minimum atomic E-state index is -4.52. The van der Waals surface area contributed by atoms with E-state index < -0.39 is 11.7 Å². The van der Waals surface area contributed by atoms with Crippen LogP contribution in [0.1, 0.15) is 37.3 Å². The molecule has 0 bridgehead atoms. The second-order valence-electron chi connectivity index (χ2n) is 4.62. The quantitative estimate of drug-likeness (QED) is 0.732. The minimum absolute atomic E-state index is 0.356. The summed E-state index contributed by atoms with van der Waals surface area (Å²) in [5, 5.41) is 11.6. The van der Waals surface area contributed by atoms with Gasteiger partial charge < -0.3 is 10.1 Å². The van der Waals surface area contributed by atoms with Crippen LogP contribution in [0.25, 0.3) is 0 Å². The summed E-state index contributed by atoms with van der Waals surface area (Å²) in [5.74, 6) is 0. The van der Waals surface area contributed by atoms with Gasteiger partial charge in [-0.2, -0.15) is 18.4 Å². The van der Waals surface area contributed by atoms with Gasteiger partial charge in [-0.15, -0.1) is 0 Å². The summed E-state index contributed by atoms with van der Waals surface area (Å²) >= 11 is 0. The van der Waals surface area contributed by atoms with Gasteiger partial charge in [-0.3, -0.25) is 0 Å². The molecule has 1 aromatic carbocycles. The van der Waals surface area contributed by atoms with Crippen LogP contribution in [-0.4, -0.2) is 19.8 Å². The van der Waals surface area contributed by atoms with Crippen molar-refractivity contribution in [3.63, 3.8) is 0 Å². The molecule has 0 aliphatic heterocycles. The third-order valence-electron chi connectivity index (χ3n) is 2.88. The van der Waals surface area contributed by atoms with Crippen molar-refractivity contribution in [1.29, 1.82) is 5.26 Å². The molecule has 1 aromatic rings. The van der Waals surface area contributed by atoms with E-state index in [0.717, 1.165) is 18.9 Å². The molecular weight excluding hydrogens is 281 g/mol. The number of anilines is 1. The first kappa shape index (κ1) is 17.3. The van der Waals surface area contributed by atoms with Gasteiger partial charge >= 0.3 is 6.18 Å². The normalized spacial score (nSPS) is 11.2. The van der Waals surface area contributed by atoms with Gasteiger partial charge in [0.25, 0.3) is 0 Å². The number of nitrogens with zero attached hydrogens (tertiary/aromatic N) is 1. The number of nitrogens with one attached hydrogen (secondary N) is 1. The maximum atomic E-state index is 12.8. The first-order valence-corrected chi connectivity index (χ1v) is 6.92. The van der Waals surface area contributed by atoms with E-state index in [2.05, 4.69) is 12.2 Å². The number of hydrogen-bond acceptors (Lipinski definition) is 3. The van der Waals surface area contributed by atoms with E-state index in [9.17, 15) is 13.2 Å². The maximum absolute atomic E-state index is 12.8. The van der Waals surface area contributed by atoms with E-state index in [1.807, 2.05) is 0 Å². The second-order valence-corrected chi connectivity index (χ2v) is 4.62. The van der Waals surface area contributed by atoms with E-state index in [0.29, 0.717) is 31.9 Å². The van der Waals surface area contributed by atoms with Crippen LogP contribution in [0.2, 0.25) is 0 Å². The first-order chi connectivity index (χ1) is 9.99. The van der Waals surface area contributed by atoms with Crippen molar-refractivity contribution >= 4 is 5.69 Å². The fourth-order valence-corrected chi connectivity index (χ4v) is 1.74. The highest BCUT2D eigenvalue weighted by atomic mass is 19.4. The number of alkyl halides is 3. The summed E-state index contributed by atoms with van der Waals surface area (Å²) in [6, 6.07) is 5.19. The van der Waals surface area contributed by atoms with Gasteiger partial charge in [-0.05, 0) is 31.0 Å². The second kappa shape index (κ2) is 8.53. The SMILES string of the molecule is CCCCOCCCNc1ccc(C#N)c(C(F)(F)F)c1. The van der Waals surface area contributed by atoms with Crippen molar-refractivity contribution in [2.45, 2.75) is 32.4 Å². The number of nitriles is 1. The fraction of sp³-hybridized carbons (Fsp3) is 0.533. The maximum Gasteiger partial charge on any atom is 0.417 e. The molecule has 6 heteroatoms. The van der Waals surface area contributed by atoms with Gasteiger partial charge in [0.1, 0.15) is 0 Å². The molecule has 0 heterocycles. The highest BCUT2D eigenvalue weighted by Gasteiger charge is 2.33. The first-order valence-electron chi connectivity index (χ1n) is 6.92. The highest BCUT2D eigenvalue weighted by Crippen LogP contribution is 2.33. The monoisotopic (exact) mass is 300 g/mol. The molecule has 21 heavy (non-hydrogen) atoms. The van der Waals surface area contributed by atoms with Crippen molar-refractivity contribution < 1.29 is 17.9 Å². The number of benzene rings is 1. The van der Waals surface area contributed by atoms with Crippen LogP contribution in [0.15, 0.2) is 18.2 Å². The van der Waals surface area contributed by atoms with Crippen LogP contribution in [0, 0.1) is 11.3 Å². The Morgan fingerprint density at radius 1 is 1.24 bits per heavy atom. The van der Waals surface area contributed by atoms with Crippen LogP contribution in [-0.2, 0) is 10.9 Å². The largest absolute Gasteiger partial charge is 0.417 e. The lowest BCUT2D eigenvalue weighted by atomic mass is 10.1. The molecule has 0 radical (unpaired) electrons. The summed E-state index contributed by atoms with van der Waals surface area (Å²) < 4.78 is 43.7. The molecule has 0 saturated carbocycles. The molecule has 0 spiro atoms. The predicted octanol–water partition coefficient (Wildman–Crippen LogP) is 4.20. The van der Waals surface area contributed by atoms with Gasteiger partial charge in [-0.25, -0.2) is 0 Å². The van der Waals surface area contributed by atoms with Crippen molar-refractivity contribution in [2.75, 3.05) is 25.1 Å². The Bertz CT molecular complexity index is 481. The van der Waals surface area contributed by atoms with Crippen LogP contribution in [0.4, 0.5) is 18.9 Å². The van der Waals surface area contributed by atoms with Gasteiger partial charge in [0, 0.05) is 25.4 Å².